The largest absolute Gasteiger partial charge is 0.338 e. The van der Waals surface area contributed by atoms with Gasteiger partial charge in [-0.15, -0.1) is 0 Å². The zero-order valence-electron chi connectivity index (χ0n) is 13.6. The smallest absolute Gasteiger partial charge is 0.317 e. The van der Waals surface area contributed by atoms with Crippen molar-refractivity contribution >= 4 is 6.03 Å². The van der Waals surface area contributed by atoms with Gasteiger partial charge < -0.3 is 15.5 Å². The number of urea groups is 1. The zero-order valence-corrected chi connectivity index (χ0v) is 13.6. The molecule has 0 bridgehead atoms. The summed E-state index contributed by atoms with van der Waals surface area (Å²) < 4.78 is 0. The molecule has 1 aromatic carbocycles. The van der Waals surface area contributed by atoms with Crippen molar-refractivity contribution < 1.29 is 4.79 Å². The first-order valence-electron chi connectivity index (χ1n) is 8.51. The molecule has 4 heteroatoms. The van der Waals surface area contributed by atoms with Gasteiger partial charge in [-0.1, -0.05) is 29.8 Å². The summed E-state index contributed by atoms with van der Waals surface area (Å²) in [5, 5.41) is 6.62. The Morgan fingerprint density at radius 1 is 1.32 bits per heavy atom. The third-order valence-electron chi connectivity index (χ3n) is 4.93. The van der Waals surface area contributed by atoms with Crippen LogP contribution in [-0.2, 0) is 0 Å². The van der Waals surface area contributed by atoms with Gasteiger partial charge in [-0.05, 0) is 44.6 Å². The van der Waals surface area contributed by atoms with Gasteiger partial charge in [-0.3, -0.25) is 0 Å². The van der Waals surface area contributed by atoms with E-state index in [4.69, 9.17) is 0 Å². The molecule has 0 spiro atoms. The molecule has 1 aliphatic heterocycles. The summed E-state index contributed by atoms with van der Waals surface area (Å²) in [6, 6.07) is 10.0. The molecule has 2 aliphatic rings. The van der Waals surface area contributed by atoms with Gasteiger partial charge in [0.2, 0.25) is 0 Å². The summed E-state index contributed by atoms with van der Waals surface area (Å²) in [5.41, 5.74) is 2.83. The molecule has 2 N–H and O–H groups in total. The number of carbonyl (C=O) groups excluding carboxylic acids is 1. The lowest BCUT2D eigenvalue weighted by molar-refractivity contribution is 0.206. The Bertz CT molecular complexity index is 525. The quantitative estimate of drug-likeness (QED) is 0.898. The maximum Gasteiger partial charge on any atom is 0.317 e. The predicted molar refractivity (Wildman–Crippen MR) is 89.1 cm³/mol. The molecule has 1 saturated heterocycles. The fourth-order valence-corrected chi connectivity index (χ4v) is 3.63. The molecular weight excluding hydrogens is 274 g/mol. The van der Waals surface area contributed by atoms with E-state index in [9.17, 15) is 4.79 Å². The fraction of sp³-hybridized carbons (Fsp3) is 0.611. The lowest BCUT2D eigenvalue weighted by Crippen LogP contribution is -2.47. The number of nitrogens with zero attached hydrogens (tertiary/aromatic N) is 1. The second kappa shape index (κ2) is 6.69. The minimum Gasteiger partial charge on any atom is -0.338 e. The highest BCUT2D eigenvalue weighted by Gasteiger charge is 2.34. The van der Waals surface area contributed by atoms with Gasteiger partial charge in [-0.2, -0.15) is 0 Å². The molecule has 0 aromatic heterocycles. The first-order chi connectivity index (χ1) is 10.7. The average molecular weight is 301 g/mol. The van der Waals surface area contributed by atoms with Crippen LogP contribution in [0.1, 0.15) is 43.2 Å². The number of hydrogen-bond donors (Lipinski definition) is 2. The first kappa shape index (κ1) is 15.3. The minimum absolute atomic E-state index is 0.0815. The van der Waals surface area contributed by atoms with E-state index >= 15 is 0 Å². The number of carbonyl (C=O) groups is 1. The number of rotatable bonds is 4. The molecule has 120 valence electrons. The van der Waals surface area contributed by atoms with E-state index in [-0.39, 0.29) is 6.03 Å². The summed E-state index contributed by atoms with van der Waals surface area (Å²) >= 11 is 0. The van der Waals surface area contributed by atoms with Crippen LogP contribution in [-0.4, -0.2) is 42.6 Å². The van der Waals surface area contributed by atoms with E-state index < -0.39 is 0 Å². The van der Waals surface area contributed by atoms with Crippen molar-refractivity contribution in [2.75, 3.05) is 19.6 Å². The first-order valence-corrected chi connectivity index (χ1v) is 8.51. The van der Waals surface area contributed by atoms with Crippen LogP contribution in [0.25, 0.3) is 0 Å². The van der Waals surface area contributed by atoms with E-state index in [1.54, 1.807) is 0 Å². The SMILES string of the molecule is CCNC(=O)N1CC[C@H](NC2CC(c3cccc(C)c3)C2)C1. The molecular formula is C18H27N3O. The van der Waals surface area contributed by atoms with Crippen LogP contribution >= 0.6 is 0 Å². The van der Waals surface area contributed by atoms with Crippen LogP contribution in [0.2, 0.25) is 0 Å². The van der Waals surface area contributed by atoms with Crippen molar-refractivity contribution in [1.29, 1.82) is 0 Å². The monoisotopic (exact) mass is 301 g/mol. The maximum absolute atomic E-state index is 11.8. The van der Waals surface area contributed by atoms with Gasteiger partial charge in [0, 0.05) is 31.7 Å². The highest BCUT2D eigenvalue weighted by Crippen LogP contribution is 2.37. The molecule has 0 unspecified atom stereocenters. The fourth-order valence-electron chi connectivity index (χ4n) is 3.63. The normalized spacial score (nSPS) is 27.5. The van der Waals surface area contributed by atoms with Gasteiger partial charge in [0.1, 0.15) is 0 Å². The Morgan fingerprint density at radius 3 is 2.86 bits per heavy atom. The Morgan fingerprint density at radius 2 is 2.14 bits per heavy atom. The van der Waals surface area contributed by atoms with Crippen LogP contribution in [0.4, 0.5) is 4.79 Å². The van der Waals surface area contributed by atoms with E-state index in [2.05, 4.69) is 41.8 Å². The number of benzene rings is 1. The summed E-state index contributed by atoms with van der Waals surface area (Å²) in [5.74, 6) is 0.707. The predicted octanol–water partition coefficient (Wildman–Crippen LogP) is 2.63. The summed E-state index contributed by atoms with van der Waals surface area (Å²) in [7, 11) is 0. The molecule has 1 aromatic rings. The third kappa shape index (κ3) is 3.43. The molecule has 1 atom stereocenters. The van der Waals surface area contributed by atoms with Crippen molar-refractivity contribution in [3.8, 4) is 0 Å². The summed E-state index contributed by atoms with van der Waals surface area (Å²) in [6.45, 7) is 6.54. The van der Waals surface area contributed by atoms with Gasteiger partial charge >= 0.3 is 6.03 Å². The molecule has 2 amide bonds. The average Bonchev–Trinajstić information content (AvgIpc) is 2.91. The number of aryl methyl sites for hydroxylation is 1. The van der Waals surface area contributed by atoms with Gasteiger partial charge in [0.05, 0.1) is 0 Å². The molecule has 1 aliphatic carbocycles. The Labute approximate surface area is 133 Å². The lowest BCUT2D eigenvalue weighted by Gasteiger charge is -2.38. The van der Waals surface area contributed by atoms with Crippen LogP contribution in [0.5, 0.6) is 0 Å². The van der Waals surface area contributed by atoms with Crippen molar-refractivity contribution in [3.63, 3.8) is 0 Å². The molecule has 4 nitrogen and oxygen atoms in total. The zero-order chi connectivity index (χ0) is 15.5. The topological polar surface area (TPSA) is 44.4 Å². The minimum atomic E-state index is 0.0815. The maximum atomic E-state index is 11.8. The van der Waals surface area contributed by atoms with Crippen molar-refractivity contribution in [2.45, 2.75) is 51.1 Å². The Hall–Kier alpha value is -1.55. The number of amides is 2. The standard InChI is InChI=1S/C18H27N3O/c1-3-19-18(22)21-8-7-16(12-21)20-17-10-15(11-17)14-6-4-5-13(2)9-14/h4-6,9,15-17,20H,3,7-8,10-12H2,1-2H3,(H,19,22)/t15?,16-,17?/m0/s1. The molecule has 1 saturated carbocycles. The Balaban J connectivity index is 1.42. The van der Waals surface area contributed by atoms with Gasteiger partial charge in [0.15, 0.2) is 0 Å². The van der Waals surface area contributed by atoms with Crippen molar-refractivity contribution in [3.05, 3.63) is 35.4 Å². The van der Waals surface area contributed by atoms with Crippen LogP contribution in [0.3, 0.4) is 0 Å². The molecule has 22 heavy (non-hydrogen) atoms. The van der Waals surface area contributed by atoms with Crippen LogP contribution in [0.15, 0.2) is 24.3 Å². The lowest BCUT2D eigenvalue weighted by atomic mass is 9.75. The number of hydrogen-bond acceptors (Lipinski definition) is 2. The van der Waals surface area contributed by atoms with Crippen molar-refractivity contribution in [1.82, 2.24) is 15.5 Å². The number of likely N-dealkylation sites (tertiary alicyclic amines) is 1. The molecule has 1 heterocycles. The second-order valence-corrected chi connectivity index (χ2v) is 6.71. The summed E-state index contributed by atoms with van der Waals surface area (Å²) in [6.07, 6.45) is 3.52. The second-order valence-electron chi connectivity index (χ2n) is 6.71. The molecule has 3 rings (SSSR count). The summed E-state index contributed by atoms with van der Waals surface area (Å²) in [4.78, 5) is 13.7. The van der Waals surface area contributed by atoms with Gasteiger partial charge in [-0.25, -0.2) is 4.79 Å². The highest BCUT2D eigenvalue weighted by atomic mass is 16.2. The highest BCUT2D eigenvalue weighted by molar-refractivity contribution is 5.74. The molecule has 0 radical (unpaired) electrons. The van der Waals surface area contributed by atoms with E-state index in [1.807, 2.05) is 11.8 Å². The van der Waals surface area contributed by atoms with Crippen LogP contribution in [0, 0.1) is 6.92 Å². The van der Waals surface area contributed by atoms with Crippen molar-refractivity contribution in [2.24, 2.45) is 0 Å². The van der Waals surface area contributed by atoms with E-state index in [0.717, 1.165) is 19.5 Å². The van der Waals surface area contributed by atoms with E-state index in [1.165, 1.54) is 24.0 Å². The Kier molecular flexibility index (Phi) is 4.67. The van der Waals surface area contributed by atoms with Crippen LogP contribution < -0.4 is 10.6 Å². The van der Waals surface area contributed by atoms with E-state index in [0.29, 0.717) is 24.5 Å². The third-order valence-corrected chi connectivity index (χ3v) is 4.93. The number of nitrogens with one attached hydrogen (secondary N) is 2. The molecule has 2 fully saturated rings. The van der Waals surface area contributed by atoms with Gasteiger partial charge in [0.25, 0.3) is 0 Å².